The van der Waals surface area contributed by atoms with E-state index in [4.69, 9.17) is 0 Å². The van der Waals surface area contributed by atoms with Gasteiger partial charge in [0, 0.05) is 13.0 Å². The lowest BCUT2D eigenvalue weighted by Gasteiger charge is -2.57. The summed E-state index contributed by atoms with van der Waals surface area (Å²) in [5, 5.41) is 9.87. The second-order valence-electron chi connectivity index (χ2n) is 7.51. The summed E-state index contributed by atoms with van der Waals surface area (Å²) in [5.41, 5.74) is 1.65. The van der Waals surface area contributed by atoms with Crippen LogP contribution in [0.2, 0.25) is 0 Å². The molecule has 2 saturated carbocycles. The zero-order valence-electron chi connectivity index (χ0n) is 12.2. The van der Waals surface area contributed by atoms with Crippen molar-refractivity contribution in [2.45, 2.75) is 58.8 Å². The molecule has 0 aromatic heterocycles. The minimum atomic E-state index is 0.0549. The molecule has 0 aromatic rings. The van der Waals surface area contributed by atoms with Crippen LogP contribution in [0.25, 0.3) is 0 Å². The minimum Gasteiger partial charge on any atom is -0.396 e. The molecule has 0 bridgehead atoms. The Labute approximate surface area is 116 Å². The molecule has 2 heteroatoms. The highest BCUT2D eigenvalue weighted by molar-refractivity contribution is 5.91. The number of aliphatic hydroxyl groups excluding tert-OH is 1. The van der Waals surface area contributed by atoms with Gasteiger partial charge in [-0.1, -0.05) is 25.8 Å². The van der Waals surface area contributed by atoms with Gasteiger partial charge in [-0.3, -0.25) is 4.79 Å². The Hall–Kier alpha value is -0.630. The lowest BCUT2D eigenvalue weighted by Crippen LogP contribution is -2.50. The van der Waals surface area contributed by atoms with Gasteiger partial charge in [-0.05, 0) is 60.8 Å². The predicted octanol–water partition coefficient (Wildman–Crippen LogP) is 3.49. The fourth-order valence-electron chi connectivity index (χ4n) is 5.31. The first-order valence-corrected chi connectivity index (χ1v) is 7.85. The van der Waals surface area contributed by atoms with Crippen LogP contribution < -0.4 is 0 Å². The Morgan fingerprint density at radius 3 is 2.79 bits per heavy atom. The summed E-state index contributed by atoms with van der Waals surface area (Å²) in [5.74, 6) is 1.51. The Kier molecular flexibility index (Phi) is 3.12. The fraction of sp³-hybridized carbons (Fsp3) is 0.824. The second-order valence-corrected chi connectivity index (χ2v) is 7.51. The molecule has 1 N–H and O–H groups in total. The number of rotatable bonds is 1. The van der Waals surface area contributed by atoms with E-state index >= 15 is 0 Å². The summed E-state index contributed by atoms with van der Waals surface area (Å²) in [6, 6.07) is 0. The number of allylic oxidation sites excluding steroid dienone is 2. The van der Waals surface area contributed by atoms with Crippen molar-refractivity contribution in [1.82, 2.24) is 0 Å². The molecule has 19 heavy (non-hydrogen) atoms. The van der Waals surface area contributed by atoms with E-state index in [0.29, 0.717) is 24.2 Å². The standard InChI is InChI=1S/C17H26O2/c1-16(11-18)8-3-9-17(2)14-10-13(19)6-4-12(14)5-7-15(16)17/h10,12,15,18H,3-9,11H2,1-2H3. The molecule has 0 aromatic carbocycles. The van der Waals surface area contributed by atoms with Crippen molar-refractivity contribution in [3.63, 3.8) is 0 Å². The third kappa shape index (κ3) is 1.91. The van der Waals surface area contributed by atoms with Gasteiger partial charge >= 0.3 is 0 Å². The fourth-order valence-corrected chi connectivity index (χ4v) is 5.31. The second kappa shape index (κ2) is 4.44. The molecule has 2 nitrogen and oxygen atoms in total. The van der Waals surface area contributed by atoms with Gasteiger partial charge in [-0.2, -0.15) is 0 Å². The highest BCUT2D eigenvalue weighted by Crippen LogP contribution is 2.62. The van der Waals surface area contributed by atoms with Crippen molar-refractivity contribution in [3.8, 4) is 0 Å². The van der Waals surface area contributed by atoms with E-state index in [2.05, 4.69) is 13.8 Å². The van der Waals surface area contributed by atoms with E-state index in [1.54, 1.807) is 0 Å². The lowest BCUT2D eigenvalue weighted by molar-refractivity contribution is -0.116. The van der Waals surface area contributed by atoms with E-state index in [1.165, 1.54) is 31.3 Å². The van der Waals surface area contributed by atoms with Crippen LogP contribution in [-0.4, -0.2) is 17.5 Å². The molecule has 4 atom stereocenters. The van der Waals surface area contributed by atoms with Crippen LogP contribution in [0.4, 0.5) is 0 Å². The normalized spacial score (nSPS) is 46.3. The van der Waals surface area contributed by atoms with Gasteiger partial charge in [0.15, 0.2) is 5.78 Å². The van der Waals surface area contributed by atoms with Gasteiger partial charge in [0.1, 0.15) is 0 Å². The monoisotopic (exact) mass is 262 g/mol. The van der Waals surface area contributed by atoms with Gasteiger partial charge in [-0.15, -0.1) is 0 Å². The van der Waals surface area contributed by atoms with Gasteiger partial charge in [0.25, 0.3) is 0 Å². The van der Waals surface area contributed by atoms with Crippen LogP contribution in [0, 0.1) is 22.7 Å². The largest absolute Gasteiger partial charge is 0.396 e. The smallest absolute Gasteiger partial charge is 0.155 e. The molecule has 2 fully saturated rings. The third-order valence-corrected chi connectivity index (χ3v) is 6.37. The zero-order valence-corrected chi connectivity index (χ0v) is 12.2. The third-order valence-electron chi connectivity index (χ3n) is 6.37. The van der Waals surface area contributed by atoms with Crippen molar-refractivity contribution in [2.24, 2.45) is 22.7 Å². The Balaban J connectivity index is 2.02. The molecular weight excluding hydrogens is 236 g/mol. The average Bonchev–Trinajstić information content (AvgIpc) is 2.39. The zero-order chi connectivity index (χ0) is 13.7. The van der Waals surface area contributed by atoms with Crippen LogP contribution in [0.1, 0.15) is 58.8 Å². The molecule has 0 amide bonds. The molecular formula is C17H26O2. The summed E-state index contributed by atoms with van der Waals surface area (Å²) in [7, 11) is 0. The van der Waals surface area contributed by atoms with Gasteiger partial charge in [0.2, 0.25) is 0 Å². The maximum atomic E-state index is 11.8. The predicted molar refractivity (Wildman–Crippen MR) is 75.7 cm³/mol. The summed E-state index contributed by atoms with van der Waals surface area (Å²) >= 11 is 0. The SMILES string of the molecule is CC1(CO)CCCC2(C)C3=CC(=O)CCC3CCC12. The van der Waals surface area contributed by atoms with Crippen LogP contribution in [0.15, 0.2) is 11.6 Å². The van der Waals surface area contributed by atoms with Crippen LogP contribution in [0.3, 0.4) is 0 Å². The highest BCUT2D eigenvalue weighted by atomic mass is 16.3. The summed E-state index contributed by atoms with van der Waals surface area (Å²) < 4.78 is 0. The Bertz CT molecular complexity index is 425. The molecule has 0 radical (unpaired) electrons. The molecule has 0 heterocycles. The molecule has 4 unspecified atom stereocenters. The first-order chi connectivity index (χ1) is 8.99. The summed E-state index contributed by atoms with van der Waals surface area (Å²) in [6.07, 6.45) is 9.73. The number of carbonyl (C=O) groups excluding carboxylic acids is 1. The minimum absolute atomic E-state index is 0.0549. The number of aliphatic hydroxyl groups is 1. The molecule has 106 valence electrons. The van der Waals surface area contributed by atoms with E-state index in [1.807, 2.05) is 6.08 Å². The molecule has 3 rings (SSSR count). The summed E-state index contributed by atoms with van der Waals surface area (Å²) in [4.78, 5) is 11.8. The maximum Gasteiger partial charge on any atom is 0.155 e. The average molecular weight is 262 g/mol. The van der Waals surface area contributed by atoms with E-state index in [-0.39, 0.29) is 10.8 Å². The van der Waals surface area contributed by atoms with Crippen molar-refractivity contribution in [1.29, 1.82) is 0 Å². The Morgan fingerprint density at radius 1 is 1.26 bits per heavy atom. The van der Waals surface area contributed by atoms with Gasteiger partial charge in [0.05, 0.1) is 0 Å². The number of carbonyl (C=O) groups is 1. The first-order valence-electron chi connectivity index (χ1n) is 7.85. The van der Waals surface area contributed by atoms with Gasteiger partial charge < -0.3 is 5.11 Å². The number of ketones is 1. The van der Waals surface area contributed by atoms with Crippen LogP contribution in [-0.2, 0) is 4.79 Å². The number of fused-ring (bicyclic) bond motifs is 3. The maximum absolute atomic E-state index is 11.8. The van der Waals surface area contributed by atoms with Crippen LogP contribution in [0.5, 0.6) is 0 Å². The van der Waals surface area contributed by atoms with E-state index < -0.39 is 0 Å². The first kappa shape index (κ1) is 13.4. The van der Waals surface area contributed by atoms with E-state index in [9.17, 15) is 9.90 Å². The molecule has 0 aliphatic heterocycles. The lowest BCUT2D eigenvalue weighted by atomic mass is 9.47. The molecule has 3 aliphatic rings. The van der Waals surface area contributed by atoms with Crippen molar-refractivity contribution >= 4 is 5.78 Å². The van der Waals surface area contributed by atoms with Crippen molar-refractivity contribution < 1.29 is 9.90 Å². The number of hydrogen-bond donors (Lipinski definition) is 1. The van der Waals surface area contributed by atoms with E-state index in [0.717, 1.165) is 19.3 Å². The summed E-state index contributed by atoms with van der Waals surface area (Å²) in [6.45, 7) is 4.90. The highest BCUT2D eigenvalue weighted by Gasteiger charge is 2.53. The quantitative estimate of drug-likeness (QED) is 0.785. The molecule has 0 spiro atoms. The topological polar surface area (TPSA) is 37.3 Å². The van der Waals surface area contributed by atoms with Crippen LogP contribution >= 0.6 is 0 Å². The molecule has 0 saturated heterocycles. The van der Waals surface area contributed by atoms with Crippen molar-refractivity contribution in [2.75, 3.05) is 6.61 Å². The van der Waals surface area contributed by atoms with Crippen molar-refractivity contribution in [3.05, 3.63) is 11.6 Å². The number of hydrogen-bond acceptors (Lipinski definition) is 2. The van der Waals surface area contributed by atoms with Gasteiger partial charge in [-0.25, -0.2) is 0 Å². The Morgan fingerprint density at radius 2 is 2.05 bits per heavy atom. The molecule has 3 aliphatic carbocycles.